The highest BCUT2D eigenvalue weighted by Gasteiger charge is 2.27. The van der Waals surface area contributed by atoms with Crippen molar-refractivity contribution < 1.29 is 24.1 Å². The number of pyridine rings is 1. The van der Waals surface area contributed by atoms with Gasteiger partial charge in [-0.1, -0.05) is 12.1 Å². The van der Waals surface area contributed by atoms with E-state index in [0.29, 0.717) is 73.0 Å². The highest BCUT2D eigenvalue weighted by atomic mass is 16.5. The van der Waals surface area contributed by atoms with Crippen molar-refractivity contribution in [2.24, 2.45) is 5.92 Å². The number of ether oxygens (including phenoxy) is 3. The van der Waals surface area contributed by atoms with Gasteiger partial charge in [0.25, 0.3) is 5.88 Å². The van der Waals surface area contributed by atoms with Crippen LogP contribution < -0.4 is 19.5 Å². The lowest BCUT2D eigenvalue weighted by molar-refractivity contribution is -0.143. The van der Waals surface area contributed by atoms with Gasteiger partial charge in [-0.15, -0.1) is 0 Å². The van der Waals surface area contributed by atoms with Crippen LogP contribution in [0.5, 0.6) is 23.3 Å². The Kier molecular flexibility index (Phi) is 8.06. The summed E-state index contributed by atoms with van der Waals surface area (Å²) in [5.41, 5.74) is 1.42. The summed E-state index contributed by atoms with van der Waals surface area (Å²) >= 11 is 0. The maximum atomic E-state index is 11.2. The molecule has 0 atom stereocenters. The molecule has 3 aromatic heterocycles. The number of nitrogens with zero attached hydrogens (tertiary/aromatic N) is 5. The van der Waals surface area contributed by atoms with E-state index in [1.54, 1.807) is 36.9 Å². The number of carbonyl (C=O) groups is 1. The summed E-state index contributed by atoms with van der Waals surface area (Å²) in [5, 5.41) is 12.3. The molecule has 200 valence electrons. The molecule has 1 fully saturated rings. The fourth-order valence-electron chi connectivity index (χ4n) is 4.29. The Balaban J connectivity index is 1.26. The first kappa shape index (κ1) is 25.8. The van der Waals surface area contributed by atoms with Gasteiger partial charge < -0.3 is 24.6 Å². The molecule has 39 heavy (non-hydrogen) atoms. The van der Waals surface area contributed by atoms with Gasteiger partial charge >= 0.3 is 5.97 Å². The maximum absolute atomic E-state index is 11.2. The van der Waals surface area contributed by atoms with E-state index in [9.17, 15) is 9.90 Å². The minimum Gasteiger partial charge on any atom is -0.488 e. The van der Waals surface area contributed by atoms with Gasteiger partial charge in [0.15, 0.2) is 11.6 Å². The summed E-state index contributed by atoms with van der Waals surface area (Å²) in [6, 6.07) is 12.7. The number of aliphatic carboxylic acids is 1. The molecule has 0 aliphatic heterocycles. The standard InChI is InChI=1S/C28H28N6O5/c1-2-37-23-7-4-13-30-26(23)39-21-6-3-5-19(15-21)22-16-29-17-24(32-22)33-28-31-14-12-25(34-28)38-20-10-8-18(9-11-20)27(35)36/h3-7,12-18,20H,2,8-11H2,1H3,(H,35,36)(H,31,32,33,34). The smallest absolute Gasteiger partial charge is 0.306 e. The zero-order valence-corrected chi connectivity index (χ0v) is 21.4. The predicted octanol–water partition coefficient (Wildman–Crippen LogP) is 5.29. The molecule has 3 heterocycles. The molecule has 0 radical (unpaired) electrons. The molecule has 1 aliphatic rings. The number of nitrogens with one attached hydrogen (secondary N) is 1. The summed E-state index contributed by atoms with van der Waals surface area (Å²) in [4.78, 5) is 33.1. The van der Waals surface area contributed by atoms with Crippen molar-refractivity contribution in [2.45, 2.75) is 38.7 Å². The van der Waals surface area contributed by atoms with Crippen LogP contribution in [0.3, 0.4) is 0 Å². The summed E-state index contributed by atoms with van der Waals surface area (Å²) in [6.45, 7) is 2.41. The second-order valence-electron chi connectivity index (χ2n) is 8.93. The van der Waals surface area contributed by atoms with Crippen molar-refractivity contribution in [2.75, 3.05) is 11.9 Å². The number of hydrogen-bond acceptors (Lipinski definition) is 10. The van der Waals surface area contributed by atoms with Crippen molar-refractivity contribution in [3.05, 3.63) is 67.3 Å². The molecule has 0 amide bonds. The Labute approximate surface area is 225 Å². The molecule has 0 bridgehead atoms. The monoisotopic (exact) mass is 528 g/mol. The van der Waals surface area contributed by atoms with Crippen LogP contribution in [0.4, 0.5) is 11.8 Å². The van der Waals surface area contributed by atoms with E-state index in [1.165, 1.54) is 0 Å². The molecule has 4 aromatic rings. The lowest BCUT2D eigenvalue weighted by Crippen LogP contribution is -2.28. The van der Waals surface area contributed by atoms with E-state index in [-0.39, 0.29) is 12.0 Å². The quantitative estimate of drug-likeness (QED) is 0.277. The van der Waals surface area contributed by atoms with Crippen LogP contribution in [0.1, 0.15) is 32.6 Å². The Morgan fingerprint density at radius 2 is 1.90 bits per heavy atom. The van der Waals surface area contributed by atoms with E-state index >= 15 is 0 Å². The minimum absolute atomic E-state index is 0.0725. The van der Waals surface area contributed by atoms with Gasteiger partial charge in [-0.2, -0.15) is 4.98 Å². The Hall–Kier alpha value is -4.80. The summed E-state index contributed by atoms with van der Waals surface area (Å²) < 4.78 is 17.6. The molecule has 0 spiro atoms. The SMILES string of the molecule is CCOc1cccnc1Oc1cccc(-c2cncc(Nc3nccc(OC4CCC(C(=O)O)CC4)n3)n2)c1. The lowest BCUT2D eigenvalue weighted by atomic mass is 9.87. The van der Waals surface area contributed by atoms with E-state index < -0.39 is 5.97 Å². The van der Waals surface area contributed by atoms with E-state index in [1.807, 2.05) is 37.3 Å². The number of carboxylic acid groups (broad SMARTS) is 1. The van der Waals surface area contributed by atoms with Crippen LogP contribution in [0.25, 0.3) is 11.3 Å². The number of benzene rings is 1. The fraction of sp³-hybridized carbons (Fsp3) is 0.286. The van der Waals surface area contributed by atoms with Crippen LogP contribution in [-0.4, -0.2) is 48.7 Å². The van der Waals surface area contributed by atoms with Gasteiger partial charge in [0.1, 0.15) is 11.9 Å². The van der Waals surface area contributed by atoms with Gasteiger partial charge in [0.05, 0.1) is 30.6 Å². The first-order valence-corrected chi connectivity index (χ1v) is 12.7. The van der Waals surface area contributed by atoms with Crippen LogP contribution >= 0.6 is 0 Å². The molecule has 0 unspecified atom stereocenters. The molecule has 5 rings (SSSR count). The molecule has 11 nitrogen and oxygen atoms in total. The second-order valence-corrected chi connectivity index (χ2v) is 8.93. The zero-order chi connectivity index (χ0) is 27.0. The third-order valence-electron chi connectivity index (χ3n) is 6.20. The van der Waals surface area contributed by atoms with Crippen molar-refractivity contribution in [1.82, 2.24) is 24.9 Å². The van der Waals surface area contributed by atoms with Crippen molar-refractivity contribution >= 4 is 17.7 Å². The van der Waals surface area contributed by atoms with Gasteiger partial charge in [-0.05, 0) is 56.9 Å². The predicted molar refractivity (Wildman–Crippen MR) is 142 cm³/mol. The maximum Gasteiger partial charge on any atom is 0.306 e. The number of anilines is 2. The fourth-order valence-corrected chi connectivity index (χ4v) is 4.29. The van der Waals surface area contributed by atoms with E-state index in [2.05, 4.69) is 30.2 Å². The molecule has 1 aliphatic carbocycles. The average molecular weight is 529 g/mol. The topological polar surface area (TPSA) is 141 Å². The van der Waals surface area contributed by atoms with E-state index in [4.69, 9.17) is 14.2 Å². The van der Waals surface area contributed by atoms with Crippen LogP contribution in [-0.2, 0) is 4.79 Å². The van der Waals surface area contributed by atoms with Crippen molar-refractivity contribution in [1.29, 1.82) is 0 Å². The minimum atomic E-state index is -0.742. The molecule has 11 heteroatoms. The van der Waals surface area contributed by atoms with Crippen LogP contribution in [0.2, 0.25) is 0 Å². The first-order chi connectivity index (χ1) is 19.1. The largest absolute Gasteiger partial charge is 0.488 e. The van der Waals surface area contributed by atoms with Gasteiger partial charge in [0, 0.05) is 24.0 Å². The zero-order valence-electron chi connectivity index (χ0n) is 21.4. The van der Waals surface area contributed by atoms with Crippen molar-refractivity contribution in [3.63, 3.8) is 0 Å². The Morgan fingerprint density at radius 1 is 1.03 bits per heavy atom. The Bertz CT molecular complexity index is 1430. The van der Waals surface area contributed by atoms with Gasteiger partial charge in [-0.25, -0.2) is 15.0 Å². The van der Waals surface area contributed by atoms with E-state index in [0.717, 1.165) is 5.56 Å². The summed E-state index contributed by atoms with van der Waals surface area (Å²) in [5.74, 6) is 1.68. The molecular formula is C28H28N6O5. The third kappa shape index (κ3) is 6.75. The molecule has 1 aromatic carbocycles. The van der Waals surface area contributed by atoms with Crippen LogP contribution in [0.15, 0.2) is 67.3 Å². The number of aromatic nitrogens is 5. The van der Waals surface area contributed by atoms with Gasteiger partial charge in [0.2, 0.25) is 11.8 Å². The Morgan fingerprint density at radius 3 is 2.72 bits per heavy atom. The molecular weight excluding hydrogens is 500 g/mol. The lowest BCUT2D eigenvalue weighted by Gasteiger charge is -2.26. The average Bonchev–Trinajstić information content (AvgIpc) is 2.95. The molecule has 2 N–H and O–H groups in total. The molecule has 0 saturated heterocycles. The summed E-state index contributed by atoms with van der Waals surface area (Å²) in [7, 11) is 0. The number of carboxylic acids is 1. The number of rotatable bonds is 10. The number of hydrogen-bond donors (Lipinski definition) is 2. The molecule has 1 saturated carbocycles. The highest BCUT2D eigenvalue weighted by Crippen LogP contribution is 2.31. The second kappa shape index (κ2) is 12.2. The van der Waals surface area contributed by atoms with Crippen LogP contribution in [0, 0.1) is 5.92 Å². The first-order valence-electron chi connectivity index (χ1n) is 12.7. The van der Waals surface area contributed by atoms with Gasteiger partial charge in [-0.3, -0.25) is 9.78 Å². The summed E-state index contributed by atoms with van der Waals surface area (Å²) in [6.07, 6.45) is 8.95. The highest BCUT2D eigenvalue weighted by molar-refractivity contribution is 5.70. The normalized spacial score (nSPS) is 16.7. The van der Waals surface area contributed by atoms with Crippen molar-refractivity contribution in [3.8, 4) is 34.5 Å². The third-order valence-corrected chi connectivity index (χ3v) is 6.20.